The molecule has 0 saturated carbocycles. The summed E-state index contributed by atoms with van der Waals surface area (Å²) in [4.78, 5) is 2.48. The number of morpholine rings is 1. The molecule has 1 saturated heterocycles. The minimum absolute atomic E-state index is 0.632. The predicted octanol–water partition coefficient (Wildman–Crippen LogP) is 3.69. The molecule has 1 aliphatic heterocycles. The summed E-state index contributed by atoms with van der Waals surface area (Å²) in [6.45, 7) is 10.4. The molecule has 0 N–H and O–H groups in total. The molecule has 1 heterocycles. The fourth-order valence-corrected chi connectivity index (χ4v) is 2.58. The van der Waals surface area contributed by atoms with Crippen LogP contribution in [-0.4, -0.2) is 44.4 Å². The Hall–Kier alpha value is -1.06. The number of hydrogen-bond acceptors (Lipinski definition) is 3. The number of benzene rings is 1. The number of rotatable bonds is 8. The molecule has 118 valence electrons. The van der Waals surface area contributed by atoms with Gasteiger partial charge < -0.3 is 9.47 Å². The van der Waals surface area contributed by atoms with Crippen LogP contribution in [0.25, 0.3) is 0 Å². The van der Waals surface area contributed by atoms with Gasteiger partial charge in [0.15, 0.2) is 0 Å². The molecular formula is C18H29NO2. The van der Waals surface area contributed by atoms with Crippen molar-refractivity contribution in [2.75, 3.05) is 39.5 Å². The smallest absolute Gasteiger partial charge is 0.119 e. The number of unbranched alkanes of at least 4 members (excludes halogenated alkanes) is 1. The van der Waals surface area contributed by atoms with Gasteiger partial charge >= 0.3 is 0 Å². The van der Waals surface area contributed by atoms with Crippen LogP contribution in [0.3, 0.4) is 0 Å². The molecule has 1 aromatic carbocycles. The van der Waals surface area contributed by atoms with Crippen LogP contribution in [0.4, 0.5) is 0 Å². The number of nitrogens with zero attached hydrogens (tertiary/aromatic N) is 1. The number of ether oxygens (including phenoxy) is 2. The molecular weight excluding hydrogens is 262 g/mol. The van der Waals surface area contributed by atoms with Gasteiger partial charge in [0.25, 0.3) is 0 Å². The predicted molar refractivity (Wildman–Crippen MR) is 87.1 cm³/mol. The van der Waals surface area contributed by atoms with Gasteiger partial charge in [0.2, 0.25) is 0 Å². The van der Waals surface area contributed by atoms with Crippen molar-refractivity contribution < 1.29 is 9.47 Å². The molecule has 1 fully saturated rings. The van der Waals surface area contributed by atoms with Crippen molar-refractivity contribution in [3.05, 3.63) is 29.8 Å². The monoisotopic (exact) mass is 291 g/mol. The van der Waals surface area contributed by atoms with E-state index in [1.54, 1.807) is 0 Å². The van der Waals surface area contributed by atoms with E-state index in [-0.39, 0.29) is 0 Å². The summed E-state index contributed by atoms with van der Waals surface area (Å²) in [7, 11) is 0. The van der Waals surface area contributed by atoms with Gasteiger partial charge in [-0.2, -0.15) is 0 Å². The third-order valence-corrected chi connectivity index (χ3v) is 4.30. The fraction of sp³-hybridized carbons (Fsp3) is 0.667. The van der Waals surface area contributed by atoms with Crippen LogP contribution in [0, 0.1) is 0 Å². The third kappa shape index (κ3) is 5.68. The van der Waals surface area contributed by atoms with Crippen LogP contribution in [0.15, 0.2) is 24.3 Å². The van der Waals surface area contributed by atoms with Crippen molar-refractivity contribution in [3.8, 4) is 5.75 Å². The zero-order valence-corrected chi connectivity index (χ0v) is 13.5. The number of hydrogen-bond donors (Lipinski definition) is 0. The minimum Gasteiger partial charge on any atom is -0.494 e. The summed E-state index contributed by atoms with van der Waals surface area (Å²) in [5, 5.41) is 0. The Kier molecular flexibility index (Phi) is 7.04. The third-order valence-electron chi connectivity index (χ3n) is 4.30. The maximum Gasteiger partial charge on any atom is 0.119 e. The Morgan fingerprint density at radius 2 is 1.86 bits per heavy atom. The van der Waals surface area contributed by atoms with Crippen molar-refractivity contribution >= 4 is 0 Å². The molecule has 3 heteroatoms. The van der Waals surface area contributed by atoms with Gasteiger partial charge in [-0.3, -0.25) is 4.90 Å². The Balaban J connectivity index is 1.59. The summed E-state index contributed by atoms with van der Waals surface area (Å²) < 4.78 is 11.2. The average molecular weight is 291 g/mol. The average Bonchev–Trinajstić information content (AvgIpc) is 2.55. The van der Waals surface area contributed by atoms with Crippen LogP contribution in [0.2, 0.25) is 0 Å². The minimum atomic E-state index is 0.632. The highest BCUT2D eigenvalue weighted by Crippen LogP contribution is 2.21. The van der Waals surface area contributed by atoms with E-state index in [9.17, 15) is 0 Å². The highest BCUT2D eigenvalue weighted by molar-refractivity contribution is 5.29. The van der Waals surface area contributed by atoms with Gasteiger partial charge in [-0.15, -0.1) is 0 Å². The van der Waals surface area contributed by atoms with E-state index in [1.807, 2.05) is 0 Å². The SMILES string of the molecule is CC[C@H](C)c1ccc(OCCCCN2CCOCC2)cc1. The first kappa shape index (κ1) is 16.3. The van der Waals surface area contributed by atoms with E-state index in [0.29, 0.717) is 5.92 Å². The molecule has 0 aromatic heterocycles. The molecule has 0 amide bonds. The highest BCUT2D eigenvalue weighted by atomic mass is 16.5. The van der Waals surface area contributed by atoms with Gasteiger partial charge in [-0.1, -0.05) is 26.0 Å². The lowest BCUT2D eigenvalue weighted by Gasteiger charge is -2.26. The normalized spacial score (nSPS) is 17.6. The molecule has 1 atom stereocenters. The maximum atomic E-state index is 5.82. The summed E-state index contributed by atoms with van der Waals surface area (Å²) in [5.41, 5.74) is 1.40. The van der Waals surface area contributed by atoms with E-state index in [4.69, 9.17) is 9.47 Å². The summed E-state index contributed by atoms with van der Waals surface area (Å²) in [6.07, 6.45) is 3.50. The Labute approximate surface area is 129 Å². The molecule has 21 heavy (non-hydrogen) atoms. The van der Waals surface area contributed by atoms with Crippen LogP contribution < -0.4 is 4.74 Å². The first-order valence-electron chi connectivity index (χ1n) is 8.32. The van der Waals surface area contributed by atoms with Gasteiger partial charge in [0.05, 0.1) is 19.8 Å². The summed E-state index contributed by atoms with van der Waals surface area (Å²) >= 11 is 0. The van der Waals surface area contributed by atoms with Crippen molar-refractivity contribution in [2.45, 2.75) is 39.0 Å². The molecule has 0 unspecified atom stereocenters. The van der Waals surface area contributed by atoms with Crippen LogP contribution in [0.1, 0.15) is 44.6 Å². The van der Waals surface area contributed by atoms with Crippen molar-refractivity contribution in [2.24, 2.45) is 0 Å². The zero-order chi connectivity index (χ0) is 14.9. The van der Waals surface area contributed by atoms with E-state index in [2.05, 4.69) is 43.0 Å². The first-order valence-corrected chi connectivity index (χ1v) is 8.32. The van der Waals surface area contributed by atoms with Gasteiger partial charge in [-0.05, 0) is 49.4 Å². The van der Waals surface area contributed by atoms with Crippen molar-refractivity contribution in [1.29, 1.82) is 0 Å². The quantitative estimate of drug-likeness (QED) is 0.682. The topological polar surface area (TPSA) is 21.7 Å². The molecule has 0 radical (unpaired) electrons. The van der Waals surface area contributed by atoms with Gasteiger partial charge in [0, 0.05) is 13.1 Å². The molecule has 1 aliphatic rings. The molecule has 0 bridgehead atoms. The lowest BCUT2D eigenvalue weighted by molar-refractivity contribution is 0.0368. The van der Waals surface area contributed by atoms with E-state index >= 15 is 0 Å². The van der Waals surface area contributed by atoms with Crippen LogP contribution in [0.5, 0.6) is 5.75 Å². The standard InChI is InChI=1S/C18H29NO2/c1-3-16(2)17-6-8-18(9-7-17)21-13-5-4-10-19-11-14-20-15-12-19/h6-9,16H,3-5,10-15H2,1-2H3/t16-/m0/s1. The fourth-order valence-electron chi connectivity index (χ4n) is 2.58. The zero-order valence-electron chi connectivity index (χ0n) is 13.5. The maximum absolute atomic E-state index is 5.82. The Morgan fingerprint density at radius 1 is 1.14 bits per heavy atom. The van der Waals surface area contributed by atoms with E-state index in [0.717, 1.165) is 45.1 Å². The molecule has 3 nitrogen and oxygen atoms in total. The van der Waals surface area contributed by atoms with Gasteiger partial charge in [0.1, 0.15) is 5.75 Å². The Morgan fingerprint density at radius 3 is 2.52 bits per heavy atom. The second kappa shape index (κ2) is 9.06. The summed E-state index contributed by atoms with van der Waals surface area (Å²) in [6, 6.07) is 8.58. The van der Waals surface area contributed by atoms with Crippen LogP contribution >= 0.6 is 0 Å². The second-order valence-corrected chi connectivity index (χ2v) is 5.89. The van der Waals surface area contributed by atoms with Crippen molar-refractivity contribution in [1.82, 2.24) is 4.90 Å². The van der Waals surface area contributed by atoms with Crippen LogP contribution in [-0.2, 0) is 4.74 Å². The summed E-state index contributed by atoms with van der Waals surface area (Å²) in [5.74, 6) is 1.63. The van der Waals surface area contributed by atoms with Gasteiger partial charge in [-0.25, -0.2) is 0 Å². The second-order valence-electron chi connectivity index (χ2n) is 5.89. The Bertz CT molecular complexity index is 385. The van der Waals surface area contributed by atoms with Crippen molar-refractivity contribution in [3.63, 3.8) is 0 Å². The molecule has 0 aliphatic carbocycles. The molecule has 1 aromatic rings. The molecule has 2 rings (SSSR count). The van der Waals surface area contributed by atoms with E-state index in [1.165, 1.54) is 24.9 Å². The first-order chi connectivity index (χ1) is 10.3. The highest BCUT2D eigenvalue weighted by Gasteiger charge is 2.09. The largest absolute Gasteiger partial charge is 0.494 e. The molecule has 0 spiro atoms. The van der Waals surface area contributed by atoms with E-state index < -0.39 is 0 Å². The lowest BCUT2D eigenvalue weighted by atomic mass is 9.99. The lowest BCUT2D eigenvalue weighted by Crippen LogP contribution is -2.36.